The van der Waals surface area contributed by atoms with Crippen molar-refractivity contribution < 1.29 is 13.9 Å². The number of ether oxygens (including phenoxy) is 1. The zero-order chi connectivity index (χ0) is 10.6. The maximum atomic E-state index is 12.7. The highest BCUT2D eigenvalue weighted by Crippen LogP contribution is 2.13. The third-order valence-electron chi connectivity index (χ3n) is 1.79. The van der Waals surface area contributed by atoms with Crippen LogP contribution in [0.3, 0.4) is 0 Å². The van der Waals surface area contributed by atoms with Crippen molar-refractivity contribution in [2.75, 3.05) is 7.11 Å². The van der Waals surface area contributed by atoms with Crippen LogP contribution in [0.2, 0.25) is 0 Å². The summed E-state index contributed by atoms with van der Waals surface area (Å²) < 4.78 is 17.1. The van der Waals surface area contributed by atoms with Crippen LogP contribution >= 0.6 is 0 Å². The number of hydrogen-bond acceptors (Lipinski definition) is 4. The topological polar surface area (TPSA) is 65.2 Å². The summed E-state index contributed by atoms with van der Waals surface area (Å²) in [5.41, 5.74) is 6.18. The fourth-order valence-electron chi connectivity index (χ4n) is 1.03. The molecule has 1 atom stereocenters. The van der Waals surface area contributed by atoms with E-state index in [2.05, 4.69) is 9.72 Å². The lowest BCUT2D eigenvalue weighted by atomic mass is 10.1. The van der Waals surface area contributed by atoms with Crippen LogP contribution in [-0.2, 0) is 9.53 Å². The molecule has 1 aromatic heterocycles. The molecule has 0 unspecified atom stereocenters. The van der Waals surface area contributed by atoms with Crippen LogP contribution < -0.4 is 5.73 Å². The average molecular weight is 198 g/mol. The van der Waals surface area contributed by atoms with Gasteiger partial charge in [0.2, 0.25) is 5.95 Å². The zero-order valence-electron chi connectivity index (χ0n) is 7.74. The van der Waals surface area contributed by atoms with E-state index in [1.807, 2.05) is 0 Å². The third-order valence-corrected chi connectivity index (χ3v) is 1.79. The van der Waals surface area contributed by atoms with Crippen LogP contribution in [-0.4, -0.2) is 18.1 Å². The predicted molar refractivity (Wildman–Crippen MR) is 47.8 cm³/mol. The summed E-state index contributed by atoms with van der Waals surface area (Å²) in [5.74, 6) is -1.03. The molecule has 5 heteroatoms. The molecule has 1 heterocycles. The number of aromatic nitrogens is 1. The van der Waals surface area contributed by atoms with Gasteiger partial charge in [-0.25, -0.2) is 4.98 Å². The lowest BCUT2D eigenvalue weighted by molar-refractivity contribution is -0.141. The molecule has 0 bridgehead atoms. The van der Waals surface area contributed by atoms with Gasteiger partial charge in [-0.15, -0.1) is 0 Å². The van der Waals surface area contributed by atoms with Crippen molar-refractivity contribution in [2.45, 2.75) is 12.5 Å². The number of esters is 1. The van der Waals surface area contributed by atoms with E-state index in [1.54, 1.807) is 6.07 Å². The summed E-state index contributed by atoms with van der Waals surface area (Å²) in [6, 6.07) is 2.21. The number of methoxy groups -OCH3 is 1. The van der Waals surface area contributed by atoms with E-state index < -0.39 is 18.0 Å². The van der Waals surface area contributed by atoms with Crippen molar-refractivity contribution in [1.82, 2.24) is 4.98 Å². The summed E-state index contributed by atoms with van der Waals surface area (Å²) in [6.07, 6.45) is 1.34. The highest BCUT2D eigenvalue weighted by atomic mass is 19.1. The Hall–Kier alpha value is -1.49. The minimum atomic E-state index is -0.609. The van der Waals surface area contributed by atoms with E-state index in [4.69, 9.17) is 5.73 Å². The largest absolute Gasteiger partial charge is 0.469 e. The van der Waals surface area contributed by atoms with Crippen LogP contribution in [0.15, 0.2) is 18.3 Å². The predicted octanol–water partition coefficient (Wildman–Crippen LogP) is 0.784. The lowest BCUT2D eigenvalue weighted by Crippen LogP contribution is -2.16. The molecule has 0 radical (unpaired) electrons. The second kappa shape index (κ2) is 4.66. The third kappa shape index (κ3) is 2.77. The lowest BCUT2D eigenvalue weighted by Gasteiger charge is -2.09. The number of halogens is 1. The Labute approximate surface area is 80.9 Å². The van der Waals surface area contributed by atoms with Gasteiger partial charge in [-0.1, -0.05) is 0 Å². The molecule has 1 rings (SSSR count). The standard InChI is InChI=1S/C9H11FN2O2/c1-14-9(13)5-7(11)6-2-3-12-8(10)4-6/h2-4,7H,5,11H2,1H3/t7-/m1/s1. The minimum Gasteiger partial charge on any atom is -0.469 e. The molecule has 0 saturated heterocycles. The first-order valence-electron chi connectivity index (χ1n) is 4.07. The van der Waals surface area contributed by atoms with Gasteiger partial charge in [0.05, 0.1) is 13.5 Å². The smallest absolute Gasteiger partial charge is 0.307 e. The highest BCUT2D eigenvalue weighted by molar-refractivity contribution is 5.70. The Morgan fingerprint density at radius 3 is 3.07 bits per heavy atom. The van der Waals surface area contributed by atoms with Crippen molar-refractivity contribution in [3.63, 3.8) is 0 Å². The molecule has 76 valence electrons. The molecular formula is C9H11FN2O2. The molecule has 1 aromatic rings. The van der Waals surface area contributed by atoms with Gasteiger partial charge in [0, 0.05) is 12.2 Å². The van der Waals surface area contributed by atoms with Crippen LogP contribution in [0.25, 0.3) is 0 Å². The summed E-state index contributed by atoms with van der Waals surface area (Å²) in [6.45, 7) is 0. The van der Waals surface area contributed by atoms with Crippen molar-refractivity contribution in [2.24, 2.45) is 5.73 Å². The van der Waals surface area contributed by atoms with Crippen LogP contribution in [0.4, 0.5) is 4.39 Å². The quantitative estimate of drug-likeness (QED) is 0.576. The van der Waals surface area contributed by atoms with Gasteiger partial charge in [0.1, 0.15) is 0 Å². The number of nitrogens with zero attached hydrogens (tertiary/aromatic N) is 1. The molecule has 0 spiro atoms. The number of nitrogens with two attached hydrogens (primary N) is 1. The Morgan fingerprint density at radius 1 is 1.79 bits per heavy atom. The van der Waals surface area contributed by atoms with Gasteiger partial charge < -0.3 is 10.5 Å². The fraction of sp³-hybridized carbons (Fsp3) is 0.333. The minimum absolute atomic E-state index is 0.0277. The van der Waals surface area contributed by atoms with Gasteiger partial charge in [-0.3, -0.25) is 4.79 Å². The van der Waals surface area contributed by atoms with E-state index in [0.29, 0.717) is 5.56 Å². The number of carbonyl (C=O) groups excluding carboxylic acids is 1. The van der Waals surface area contributed by atoms with Gasteiger partial charge in [0.15, 0.2) is 0 Å². The monoisotopic (exact) mass is 198 g/mol. The van der Waals surface area contributed by atoms with Crippen molar-refractivity contribution >= 4 is 5.97 Å². The number of hydrogen-bond donors (Lipinski definition) is 1. The van der Waals surface area contributed by atoms with Crippen molar-refractivity contribution in [3.8, 4) is 0 Å². The second-order valence-corrected chi connectivity index (χ2v) is 2.80. The molecule has 0 fully saturated rings. The summed E-state index contributed by atoms with van der Waals surface area (Å²) in [5, 5.41) is 0. The van der Waals surface area contributed by atoms with E-state index in [9.17, 15) is 9.18 Å². The Morgan fingerprint density at radius 2 is 2.50 bits per heavy atom. The first kappa shape index (κ1) is 10.6. The van der Waals surface area contributed by atoms with E-state index in [-0.39, 0.29) is 6.42 Å². The second-order valence-electron chi connectivity index (χ2n) is 2.80. The van der Waals surface area contributed by atoms with Gasteiger partial charge in [-0.05, 0) is 17.7 Å². The molecule has 4 nitrogen and oxygen atoms in total. The molecule has 0 aliphatic carbocycles. The molecule has 0 aromatic carbocycles. The average Bonchev–Trinajstić information content (AvgIpc) is 2.17. The van der Waals surface area contributed by atoms with Gasteiger partial charge in [-0.2, -0.15) is 4.39 Å². The van der Waals surface area contributed by atoms with Crippen molar-refractivity contribution in [1.29, 1.82) is 0 Å². The molecule has 0 saturated carbocycles. The molecule has 14 heavy (non-hydrogen) atoms. The SMILES string of the molecule is COC(=O)C[C@@H](N)c1ccnc(F)c1. The highest BCUT2D eigenvalue weighted by Gasteiger charge is 2.12. The molecule has 0 aliphatic rings. The summed E-state index contributed by atoms with van der Waals surface area (Å²) in [4.78, 5) is 14.3. The van der Waals surface area contributed by atoms with E-state index >= 15 is 0 Å². The molecule has 0 aliphatic heterocycles. The summed E-state index contributed by atoms with van der Waals surface area (Å²) in [7, 11) is 1.28. The Kier molecular flexibility index (Phi) is 3.53. The number of carbonyl (C=O) groups is 1. The first-order chi connectivity index (χ1) is 6.63. The van der Waals surface area contributed by atoms with Gasteiger partial charge in [0.25, 0.3) is 0 Å². The van der Waals surface area contributed by atoms with Gasteiger partial charge >= 0.3 is 5.97 Å². The van der Waals surface area contributed by atoms with E-state index in [0.717, 1.165) is 0 Å². The normalized spacial score (nSPS) is 12.2. The first-order valence-corrected chi connectivity index (χ1v) is 4.07. The molecule has 0 amide bonds. The molecular weight excluding hydrogens is 187 g/mol. The Bertz CT molecular complexity index is 330. The maximum Gasteiger partial charge on any atom is 0.307 e. The van der Waals surface area contributed by atoms with Crippen LogP contribution in [0, 0.1) is 5.95 Å². The molecule has 2 N–H and O–H groups in total. The van der Waals surface area contributed by atoms with Crippen molar-refractivity contribution in [3.05, 3.63) is 29.8 Å². The Balaban J connectivity index is 2.69. The van der Waals surface area contributed by atoms with Crippen LogP contribution in [0.1, 0.15) is 18.0 Å². The fourth-order valence-corrected chi connectivity index (χ4v) is 1.03. The van der Waals surface area contributed by atoms with E-state index in [1.165, 1.54) is 19.4 Å². The number of pyridine rings is 1. The maximum absolute atomic E-state index is 12.7. The number of rotatable bonds is 3. The zero-order valence-corrected chi connectivity index (χ0v) is 7.74. The summed E-state index contributed by atoms with van der Waals surface area (Å²) >= 11 is 0. The van der Waals surface area contributed by atoms with Crippen LogP contribution in [0.5, 0.6) is 0 Å².